The molecule has 2 atom stereocenters. The molecule has 108 valence electrons. The molecule has 5 nitrogen and oxygen atoms in total. The highest BCUT2D eigenvalue weighted by atomic mass is 16.2. The van der Waals surface area contributed by atoms with Crippen LogP contribution in [-0.4, -0.2) is 48.4 Å². The second-order valence-electron chi connectivity index (χ2n) is 5.71. The molecule has 0 spiro atoms. The van der Waals surface area contributed by atoms with Gasteiger partial charge in [0.1, 0.15) is 0 Å². The number of carbonyl (C=O) groups is 2. The van der Waals surface area contributed by atoms with Crippen molar-refractivity contribution < 1.29 is 9.59 Å². The van der Waals surface area contributed by atoms with Crippen LogP contribution in [0.3, 0.4) is 0 Å². The van der Waals surface area contributed by atoms with Crippen molar-refractivity contribution in [3.63, 3.8) is 0 Å². The first-order valence-electron chi connectivity index (χ1n) is 7.43. The van der Waals surface area contributed by atoms with Crippen LogP contribution in [0.25, 0.3) is 0 Å². The van der Waals surface area contributed by atoms with E-state index in [0.29, 0.717) is 19.0 Å². The van der Waals surface area contributed by atoms with Crippen LogP contribution in [-0.2, 0) is 9.59 Å². The van der Waals surface area contributed by atoms with Gasteiger partial charge in [-0.05, 0) is 32.2 Å². The molecule has 0 aromatic rings. The number of nitrogens with zero attached hydrogens (tertiary/aromatic N) is 1. The largest absolute Gasteiger partial charge is 0.352 e. The van der Waals surface area contributed by atoms with Gasteiger partial charge >= 0.3 is 0 Å². The molecule has 19 heavy (non-hydrogen) atoms. The van der Waals surface area contributed by atoms with Gasteiger partial charge in [-0.1, -0.05) is 6.42 Å². The highest BCUT2D eigenvalue weighted by Crippen LogP contribution is 2.15. The number of rotatable bonds is 4. The standard InChI is InChI=1S/C14H25N3O2/c1-11(18)16-13-7-9-17(10-13)14(19)6-5-12-4-2-3-8-15-12/h12-13,15H,2-10H2,1H3,(H,16,18). The Hall–Kier alpha value is -1.10. The minimum absolute atomic E-state index is 0.00861. The van der Waals surface area contributed by atoms with E-state index in [9.17, 15) is 9.59 Å². The summed E-state index contributed by atoms with van der Waals surface area (Å²) < 4.78 is 0. The van der Waals surface area contributed by atoms with Crippen LogP contribution in [0.15, 0.2) is 0 Å². The van der Waals surface area contributed by atoms with Crippen molar-refractivity contribution in [1.29, 1.82) is 0 Å². The second-order valence-corrected chi connectivity index (χ2v) is 5.71. The van der Waals surface area contributed by atoms with Gasteiger partial charge in [-0.25, -0.2) is 0 Å². The molecule has 2 heterocycles. The molecule has 2 fully saturated rings. The third kappa shape index (κ3) is 4.49. The number of amides is 2. The lowest BCUT2D eigenvalue weighted by Gasteiger charge is -2.24. The van der Waals surface area contributed by atoms with E-state index in [4.69, 9.17) is 0 Å². The summed E-state index contributed by atoms with van der Waals surface area (Å²) >= 11 is 0. The minimum Gasteiger partial charge on any atom is -0.352 e. The van der Waals surface area contributed by atoms with Crippen LogP contribution >= 0.6 is 0 Å². The minimum atomic E-state index is -0.00861. The molecular formula is C14H25N3O2. The molecule has 0 bridgehead atoms. The maximum absolute atomic E-state index is 12.1. The van der Waals surface area contributed by atoms with E-state index < -0.39 is 0 Å². The topological polar surface area (TPSA) is 61.4 Å². The van der Waals surface area contributed by atoms with Crippen molar-refractivity contribution in [1.82, 2.24) is 15.5 Å². The van der Waals surface area contributed by atoms with Crippen LogP contribution in [0.2, 0.25) is 0 Å². The third-order valence-corrected chi connectivity index (χ3v) is 4.07. The maximum atomic E-state index is 12.1. The predicted octanol–water partition coefficient (Wildman–Crippen LogP) is 0.646. The van der Waals surface area contributed by atoms with Gasteiger partial charge in [0.2, 0.25) is 11.8 Å². The van der Waals surface area contributed by atoms with Crippen molar-refractivity contribution in [2.45, 2.75) is 57.5 Å². The molecule has 5 heteroatoms. The zero-order valence-electron chi connectivity index (χ0n) is 11.8. The maximum Gasteiger partial charge on any atom is 0.222 e. The Bertz CT molecular complexity index is 327. The summed E-state index contributed by atoms with van der Waals surface area (Å²) in [5, 5.41) is 6.36. The SMILES string of the molecule is CC(=O)NC1CCN(C(=O)CCC2CCCCN2)C1. The monoisotopic (exact) mass is 267 g/mol. The quantitative estimate of drug-likeness (QED) is 0.786. The van der Waals surface area contributed by atoms with Crippen LogP contribution in [0.1, 0.15) is 45.4 Å². The fourth-order valence-electron chi connectivity index (χ4n) is 3.02. The first kappa shape index (κ1) is 14.3. The first-order valence-corrected chi connectivity index (χ1v) is 7.43. The molecule has 2 unspecified atom stereocenters. The zero-order valence-corrected chi connectivity index (χ0v) is 11.8. The van der Waals surface area contributed by atoms with E-state index in [1.807, 2.05) is 4.90 Å². The molecule has 2 N–H and O–H groups in total. The lowest BCUT2D eigenvalue weighted by atomic mass is 10.0. The van der Waals surface area contributed by atoms with E-state index in [-0.39, 0.29) is 17.9 Å². The number of hydrogen-bond acceptors (Lipinski definition) is 3. The van der Waals surface area contributed by atoms with Gasteiger partial charge < -0.3 is 15.5 Å². The summed E-state index contributed by atoms with van der Waals surface area (Å²) in [7, 11) is 0. The number of nitrogens with one attached hydrogen (secondary N) is 2. The lowest BCUT2D eigenvalue weighted by Crippen LogP contribution is -2.38. The molecule has 0 saturated carbocycles. The Labute approximate surface area is 115 Å². The van der Waals surface area contributed by atoms with Crippen LogP contribution < -0.4 is 10.6 Å². The second kappa shape index (κ2) is 6.89. The van der Waals surface area contributed by atoms with Gasteiger partial charge in [0.15, 0.2) is 0 Å². The van der Waals surface area contributed by atoms with E-state index in [1.165, 1.54) is 26.2 Å². The van der Waals surface area contributed by atoms with Crippen LogP contribution in [0, 0.1) is 0 Å². The van der Waals surface area contributed by atoms with Gasteiger partial charge in [0.05, 0.1) is 0 Å². The number of likely N-dealkylation sites (tertiary alicyclic amines) is 1. The highest BCUT2D eigenvalue weighted by molar-refractivity contribution is 5.77. The van der Waals surface area contributed by atoms with Gasteiger partial charge in [-0.3, -0.25) is 9.59 Å². The molecule has 0 aliphatic carbocycles. The molecule has 2 aliphatic rings. The van der Waals surface area contributed by atoms with Gasteiger partial charge in [0.25, 0.3) is 0 Å². The summed E-state index contributed by atoms with van der Waals surface area (Å²) in [5.41, 5.74) is 0. The molecular weight excluding hydrogens is 242 g/mol. The summed E-state index contributed by atoms with van der Waals surface area (Å²) in [6, 6.07) is 0.667. The molecule has 2 aliphatic heterocycles. The Balaban J connectivity index is 1.67. The predicted molar refractivity (Wildman–Crippen MR) is 73.7 cm³/mol. The fraction of sp³-hybridized carbons (Fsp3) is 0.857. The number of piperidine rings is 1. The summed E-state index contributed by atoms with van der Waals surface area (Å²) in [4.78, 5) is 25.0. The molecule has 0 radical (unpaired) electrons. The average molecular weight is 267 g/mol. The van der Waals surface area contributed by atoms with Crippen molar-refractivity contribution in [3.8, 4) is 0 Å². The zero-order chi connectivity index (χ0) is 13.7. The van der Waals surface area contributed by atoms with Crippen molar-refractivity contribution in [2.24, 2.45) is 0 Å². The third-order valence-electron chi connectivity index (χ3n) is 4.07. The average Bonchev–Trinajstić information content (AvgIpc) is 2.85. The van der Waals surface area contributed by atoms with Crippen molar-refractivity contribution in [2.75, 3.05) is 19.6 Å². The first-order chi connectivity index (χ1) is 9.15. The number of hydrogen-bond donors (Lipinski definition) is 2. The van der Waals surface area contributed by atoms with E-state index >= 15 is 0 Å². The fourth-order valence-corrected chi connectivity index (χ4v) is 3.02. The van der Waals surface area contributed by atoms with Crippen molar-refractivity contribution >= 4 is 11.8 Å². The highest BCUT2D eigenvalue weighted by Gasteiger charge is 2.26. The smallest absolute Gasteiger partial charge is 0.222 e. The Morgan fingerprint density at radius 1 is 1.32 bits per heavy atom. The molecule has 2 rings (SSSR count). The van der Waals surface area contributed by atoms with Crippen molar-refractivity contribution in [3.05, 3.63) is 0 Å². The molecule has 2 amide bonds. The van der Waals surface area contributed by atoms with Crippen LogP contribution in [0.4, 0.5) is 0 Å². The Morgan fingerprint density at radius 3 is 2.84 bits per heavy atom. The van der Waals surface area contributed by atoms with Crippen LogP contribution in [0.5, 0.6) is 0 Å². The molecule has 2 saturated heterocycles. The van der Waals surface area contributed by atoms with E-state index in [0.717, 1.165) is 25.9 Å². The summed E-state index contributed by atoms with van der Waals surface area (Å²) in [5.74, 6) is 0.228. The number of carbonyl (C=O) groups excluding carboxylic acids is 2. The summed E-state index contributed by atoms with van der Waals surface area (Å²) in [6.07, 6.45) is 6.19. The van der Waals surface area contributed by atoms with Gasteiger partial charge in [-0.15, -0.1) is 0 Å². The van der Waals surface area contributed by atoms with E-state index in [1.54, 1.807) is 0 Å². The molecule has 0 aromatic carbocycles. The Morgan fingerprint density at radius 2 is 2.16 bits per heavy atom. The van der Waals surface area contributed by atoms with Gasteiger partial charge in [0, 0.05) is 38.5 Å². The Kier molecular flexibility index (Phi) is 5.19. The van der Waals surface area contributed by atoms with E-state index in [2.05, 4.69) is 10.6 Å². The molecule has 0 aromatic heterocycles. The normalized spacial score (nSPS) is 27.3. The lowest BCUT2D eigenvalue weighted by molar-refractivity contribution is -0.130. The van der Waals surface area contributed by atoms with Gasteiger partial charge in [-0.2, -0.15) is 0 Å². The summed E-state index contributed by atoms with van der Waals surface area (Å²) in [6.45, 7) is 4.07.